The number of nitrogens with one attached hydrogen (secondary N) is 2. The summed E-state index contributed by atoms with van der Waals surface area (Å²) in [5, 5.41) is 10.1. The molecule has 2 amide bonds. The highest BCUT2D eigenvalue weighted by Crippen LogP contribution is 2.27. The highest BCUT2D eigenvalue weighted by atomic mass is 16.5. The minimum absolute atomic E-state index is 0.245. The van der Waals surface area contributed by atoms with Gasteiger partial charge in [-0.2, -0.15) is 5.10 Å². The molecule has 2 aromatic heterocycles. The Morgan fingerprint density at radius 3 is 3.12 bits per heavy atom. The number of rotatable bonds is 5. The van der Waals surface area contributed by atoms with Crippen LogP contribution in [-0.4, -0.2) is 27.4 Å². The van der Waals surface area contributed by atoms with Gasteiger partial charge in [0.05, 0.1) is 31.3 Å². The van der Waals surface area contributed by atoms with Crippen molar-refractivity contribution in [1.29, 1.82) is 0 Å². The largest absolute Gasteiger partial charge is 0.376 e. The van der Waals surface area contributed by atoms with Gasteiger partial charge in [0.1, 0.15) is 0 Å². The summed E-state index contributed by atoms with van der Waals surface area (Å²) < 4.78 is 7.40. The van der Waals surface area contributed by atoms with Crippen LogP contribution >= 0.6 is 0 Å². The number of aromatic nitrogens is 3. The number of hydrogen-bond donors (Lipinski definition) is 2. The lowest BCUT2D eigenvalue weighted by atomic mass is 9.85. The zero-order valence-corrected chi connectivity index (χ0v) is 14.2. The monoisotopic (exact) mass is 341 g/mol. The molecule has 0 aromatic carbocycles. The maximum absolute atomic E-state index is 12.1. The lowest BCUT2D eigenvalue weighted by Gasteiger charge is -2.24. The maximum atomic E-state index is 12.1. The Kier molecular flexibility index (Phi) is 4.65. The summed E-state index contributed by atoms with van der Waals surface area (Å²) in [6.07, 6.45) is 10.3. The molecule has 2 aromatic rings. The van der Waals surface area contributed by atoms with Crippen LogP contribution in [0.3, 0.4) is 0 Å². The minimum atomic E-state index is -0.245. The summed E-state index contributed by atoms with van der Waals surface area (Å²) in [4.78, 5) is 16.5. The van der Waals surface area contributed by atoms with Gasteiger partial charge in [-0.15, -0.1) is 0 Å². The third-order valence-corrected chi connectivity index (χ3v) is 4.87. The van der Waals surface area contributed by atoms with Crippen LogP contribution < -0.4 is 10.6 Å². The first-order valence-corrected chi connectivity index (χ1v) is 8.88. The molecule has 0 atom stereocenters. The van der Waals surface area contributed by atoms with Gasteiger partial charge in [-0.25, -0.2) is 4.79 Å². The van der Waals surface area contributed by atoms with Crippen LogP contribution in [0, 0.1) is 5.92 Å². The van der Waals surface area contributed by atoms with E-state index in [-0.39, 0.29) is 6.03 Å². The maximum Gasteiger partial charge on any atom is 0.319 e. The molecular formula is C18H23N5O2. The highest BCUT2D eigenvalue weighted by molar-refractivity contribution is 5.89. The van der Waals surface area contributed by atoms with E-state index in [2.05, 4.69) is 20.7 Å². The quantitative estimate of drug-likeness (QED) is 0.875. The lowest BCUT2D eigenvalue weighted by Crippen LogP contribution is -2.28. The average Bonchev–Trinajstić information content (AvgIpc) is 3.04. The second-order valence-electron chi connectivity index (χ2n) is 6.81. The third kappa shape index (κ3) is 3.99. The van der Waals surface area contributed by atoms with E-state index < -0.39 is 0 Å². The van der Waals surface area contributed by atoms with Gasteiger partial charge in [0, 0.05) is 42.5 Å². The fourth-order valence-corrected chi connectivity index (χ4v) is 3.20. The molecule has 1 aliphatic carbocycles. The van der Waals surface area contributed by atoms with Crippen molar-refractivity contribution in [2.24, 2.45) is 5.92 Å². The predicted molar refractivity (Wildman–Crippen MR) is 93.0 cm³/mol. The van der Waals surface area contributed by atoms with Crippen molar-refractivity contribution in [2.75, 3.05) is 11.9 Å². The SMILES string of the molecule is O=C(NCc1cnn(CC2CCC2)c1)Nc1cnc2c(c1)COCC2. The first-order chi connectivity index (χ1) is 12.3. The molecule has 2 aliphatic rings. The number of carbonyl (C=O) groups excluding carboxylic acids is 1. The van der Waals surface area contributed by atoms with Gasteiger partial charge >= 0.3 is 6.03 Å². The molecule has 0 radical (unpaired) electrons. The summed E-state index contributed by atoms with van der Waals surface area (Å²) in [6.45, 7) is 2.70. The van der Waals surface area contributed by atoms with Gasteiger partial charge in [-0.1, -0.05) is 6.42 Å². The summed E-state index contributed by atoms with van der Waals surface area (Å²) >= 11 is 0. The Bertz CT molecular complexity index is 754. The second-order valence-corrected chi connectivity index (χ2v) is 6.81. The van der Waals surface area contributed by atoms with Crippen LogP contribution in [0.5, 0.6) is 0 Å². The molecule has 1 aliphatic heterocycles. The van der Waals surface area contributed by atoms with Crippen molar-refractivity contribution < 1.29 is 9.53 Å². The topological polar surface area (TPSA) is 81.1 Å². The number of fused-ring (bicyclic) bond motifs is 1. The van der Waals surface area contributed by atoms with Crippen molar-refractivity contribution in [3.05, 3.63) is 41.5 Å². The lowest BCUT2D eigenvalue weighted by molar-refractivity contribution is 0.109. The second kappa shape index (κ2) is 7.23. The van der Waals surface area contributed by atoms with Gasteiger partial charge in [0.25, 0.3) is 0 Å². The molecule has 25 heavy (non-hydrogen) atoms. The Balaban J connectivity index is 1.27. The number of pyridine rings is 1. The minimum Gasteiger partial charge on any atom is -0.376 e. The molecular weight excluding hydrogens is 318 g/mol. The summed E-state index contributed by atoms with van der Waals surface area (Å²) in [5.41, 5.74) is 3.78. The van der Waals surface area contributed by atoms with E-state index in [0.29, 0.717) is 25.4 Å². The summed E-state index contributed by atoms with van der Waals surface area (Å²) in [6, 6.07) is 1.68. The van der Waals surface area contributed by atoms with E-state index in [0.717, 1.165) is 35.7 Å². The van der Waals surface area contributed by atoms with E-state index in [1.54, 1.807) is 6.20 Å². The zero-order chi connectivity index (χ0) is 17.1. The number of anilines is 1. The van der Waals surface area contributed by atoms with E-state index in [9.17, 15) is 4.79 Å². The van der Waals surface area contributed by atoms with E-state index in [1.807, 2.05) is 23.1 Å². The number of ether oxygens (including phenoxy) is 1. The number of hydrogen-bond acceptors (Lipinski definition) is 4. The Hall–Kier alpha value is -2.41. The molecule has 132 valence electrons. The van der Waals surface area contributed by atoms with E-state index in [1.165, 1.54) is 19.3 Å². The van der Waals surface area contributed by atoms with Crippen LogP contribution in [0.1, 0.15) is 36.1 Å². The molecule has 1 saturated carbocycles. The normalized spacial score (nSPS) is 16.8. The highest BCUT2D eigenvalue weighted by Gasteiger charge is 2.18. The van der Waals surface area contributed by atoms with Gasteiger partial charge in [-0.3, -0.25) is 9.67 Å². The molecule has 0 bridgehead atoms. The summed E-state index contributed by atoms with van der Waals surface area (Å²) in [5.74, 6) is 0.768. The molecule has 0 spiro atoms. The van der Waals surface area contributed by atoms with Crippen molar-refractivity contribution >= 4 is 11.7 Å². The standard InChI is InChI=1S/C18H23N5O2/c24-18(22-16-6-15-12-25-5-4-17(15)19-9-16)20-7-14-8-21-23(11-14)10-13-2-1-3-13/h6,8-9,11,13H,1-5,7,10,12H2,(H2,20,22,24). The van der Waals surface area contributed by atoms with Crippen molar-refractivity contribution in [2.45, 2.75) is 45.4 Å². The van der Waals surface area contributed by atoms with Crippen LogP contribution in [-0.2, 0) is 30.9 Å². The number of amides is 2. The molecule has 0 saturated heterocycles. The van der Waals surface area contributed by atoms with Crippen LogP contribution in [0.25, 0.3) is 0 Å². The van der Waals surface area contributed by atoms with Crippen LogP contribution in [0.2, 0.25) is 0 Å². The van der Waals surface area contributed by atoms with E-state index >= 15 is 0 Å². The first-order valence-electron chi connectivity index (χ1n) is 8.88. The molecule has 4 rings (SSSR count). The fourth-order valence-electron chi connectivity index (χ4n) is 3.20. The fraction of sp³-hybridized carbons (Fsp3) is 0.500. The summed E-state index contributed by atoms with van der Waals surface area (Å²) in [7, 11) is 0. The Morgan fingerprint density at radius 2 is 2.28 bits per heavy atom. The smallest absolute Gasteiger partial charge is 0.319 e. The molecule has 1 fully saturated rings. The van der Waals surface area contributed by atoms with E-state index in [4.69, 9.17) is 4.74 Å². The average molecular weight is 341 g/mol. The van der Waals surface area contributed by atoms with Gasteiger partial charge in [0.15, 0.2) is 0 Å². The van der Waals surface area contributed by atoms with Gasteiger partial charge in [0.2, 0.25) is 0 Å². The molecule has 2 N–H and O–H groups in total. The molecule has 0 unspecified atom stereocenters. The molecule has 3 heterocycles. The van der Waals surface area contributed by atoms with Crippen molar-refractivity contribution in [1.82, 2.24) is 20.1 Å². The van der Waals surface area contributed by atoms with Crippen LogP contribution in [0.4, 0.5) is 10.5 Å². The zero-order valence-electron chi connectivity index (χ0n) is 14.2. The van der Waals surface area contributed by atoms with Gasteiger partial charge in [-0.05, 0) is 24.8 Å². The first kappa shape index (κ1) is 16.1. The Labute approximate surface area is 146 Å². The molecule has 7 heteroatoms. The van der Waals surface area contributed by atoms with Gasteiger partial charge < -0.3 is 15.4 Å². The van der Waals surface area contributed by atoms with Crippen LogP contribution in [0.15, 0.2) is 24.7 Å². The number of nitrogens with zero attached hydrogens (tertiary/aromatic N) is 3. The Morgan fingerprint density at radius 1 is 1.36 bits per heavy atom. The number of carbonyl (C=O) groups is 1. The number of urea groups is 1. The van der Waals surface area contributed by atoms with Crippen molar-refractivity contribution in [3.63, 3.8) is 0 Å². The molecule has 7 nitrogen and oxygen atoms in total. The van der Waals surface area contributed by atoms with Crippen molar-refractivity contribution in [3.8, 4) is 0 Å². The predicted octanol–water partition coefficient (Wildman–Crippen LogP) is 2.47. The third-order valence-electron chi connectivity index (χ3n) is 4.87.